The van der Waals surface area contributed by atoms with Crippen molar-refractivity contribution in [2.45, 2.75) is 19.0 Å². The molecule has 0 saturated carbocycles. The molecule has 23 heavy (non-hydrogen) atoms. The predicted molar refractivity (Wildman–Crippen MR) is 77.0 cm³/mol. The van der Waals surface area contributed by atoms with Gasteiger partial charge < -0.3 is 4.90 Å². The van der Waals surface area contributed by atoms with Crippen LogP contribution in [0.25, 0.3) is 0 Å². The van der Waals surface area contributed by atoms with Crippen molar-refractivity contribution in [2.75, 3.05) is 26.2 Å². The van der Waals surface area contributed by atoms with Gasteiger partial charge in [-0.25, -0.2) is 0 Å². The SMILES string of the molecule is O=C1c2ccccc2C(=O)N1CCN1CCC[C@H](C(F)(F)F)C1. The van der Waals surface area contributed by atoms with Crippen LogP contribution in [-0.4, -0.2) is 54.0 Å². The van der Waals surface area contributed by atoms with Gasteiger partial charge in [-0.1, -0.05) is 12.1 Å². The molecule has 1 saturated heterocycles. The fourth-order valence-electron chi connectivity index (χ4n) is 3.21. The van der Waals surface area contributed by atoms with E-state index in [1.165, 1.54) is 0 Å². The normalized spacial score (nSPS) is 22.6. The van der Waals surface area contributed by atoms with E-state index in [0.717, 1.165) is 4.90 Å². The fourth-order valence-corrected chi connectivity index (χ4v) is 3.21. The van der Waals surface area contributed by atoms with Crippen LogP contribution < -0.4 is 0 Å². The zero-order valence-corrected chi connectivity index (χ0v) is 12.5. The maximum absolute atomic E-state index is 12.8. The van der Waals surface area contributed by atoms with E-state index < -0.39 is 12.1 Å². The van der Waals surface area contributed by atoms with E-state index in [4.69, 9.17) is 0 Å². The van der Waals surface area contributed by atoms with E-state index in [1.807, 2.05) is 0 Å². The van der Waals surface area contributed by atoms with Gasteiger partial charge in [0.25, 0.3) is 11.8 Å². The molecule has 1 aromatic carbocycles. The highest BCUT2D eigenvalue weighted by Crippen LogP contribution is 2.33. The molecular formula is C16H17F3N2O2. The molecule has 1 aromatic rings. The Morgan fingerprint density at radius 1 is 1.04 bits per heavy atom. The van der Waals surface area contributed by atoms with Gasteiger partial charge in [-0.05, 0) is 31.5 Å². The van der Waals surface area contributed by atoms with Crippen LogP contribution in [0.15, 0.2) is 24.3 Å². The Labute approximate surface area is 131 Å². The van der Waals surface area contributed by atoms with E-state index in [-0.39, 0.29) is 37.9 Å². The number of nitrogens with zero attached hydrogens (tertiary/aromatic N) is 2. The van der Waals surface area contributed by atoms with Crippen molar-refractivity contribution in [3.8, 4) is 0 Å². The van der Waals surface area contributed by atoms with Crippen LogP contribution in [0.4, 0.5) is 13.2 Å². The lowest BCUT2D eigenvalue weighted by atomic mass is 9.97. The highest BCUT2D eigenvalue weighted by molar-refractivity contribution is 6.21. The molecule has 0 aromatic heterocycles. The molecule has 0 spiro atoms. The summed E-state index contributed by atoms with van der Waals surface area (Å²) in [6, 6.07) is 6.56. The molecule has 3 rings (SSSR count). The third-order valence-corrected chi connectivity index (χ3v) is 4.49. The highest BCUT2D eigenvalue weighted by atomic mass is 19.4. The third kappa shape index (κ3) is 3.10. The van der Waals surface area contributed by atoms with Gasteiger partial charge in [0.1, 0.15) is 0 Å². The molecule has 2 aliphatic rings. The maximum Gasteiger partial charge on any atom is 0.393 e. The zero-order chi connectivity index (χ0) is 16.6. The van der Waals surface area contributed by atoms with Crippen molar-refractivity contribution in [3.63, 3.8) is 0 Å². The van der Waals surface area contributed by atoms with E-state index >= 15 is 0 Å². The summed E-state index contributed by atoms with van der Waals surface area (Å²) in [6.45, 7) is 0.900. The number of benzene rings is 1. The average molecular weight is 326 g/mol. The lowest BCUT2D eigenvalue weighted by Gasteiger charge is -2.34. The first-order chi connectivity index (χ1) is 10.9. The van der Waals surface area contributed by atoms with Crippen LogP contribution in [-0.2, 0) is 0 Å². The second-order valence-corrected chi connectivity index (χ2v) is 5.99. The molecule has 2 aliphatic heterocycles. The number of amides is 2. The minimum absolute atomic E-state index is 0.0628. The monoisotopic (exact) mass is 326 g/mol. The average Bonchev–Trinajstić information content (AvgIpc) is 2.77. The topological polar surface area (TPSA) is 40.6 Å². The summed E-state index contributed by atoms with van der Waals surface area (Å²) in [4.78, 5) is 27.2. The lowest BCUT2D eigenvalue weighted by molar-refractivity contribution is -0.186. The molecule has 124 valence electrons. The molecule has 1 fully saturated rings. The van der Waals surface area contributed by atoms with Crippen molar-refractivity contribution in [1.29, 1.82) is 0 Å². The zero-order valence-electron chi connectivity index (χ0n) is 12.5. The number of carbonyl (C=O) groups excluding carboxylic acids is 2. The van der Waals surface area contributed by atoms with Crippen molar-refractivity contribution >= 4 is 11.8 Å². The third-order valence-electron chi connectivity index (χ3n) is 4.49. The van der Waals surface area contributed by atoms with Gasteiger partial charge in [-0.2, -0.15) is 13.2 Å². The first-order valence-electron chi connectivity index (χ1n) is 7.62. The van der Waals surface area contributed by atoms with Crippen LogP contribution in [0.3, 0.4) is 0 Å². The number of hydrogen-bond donors (Lipinski definition) is 0. The summed E-state index contributed by atoms with van der Waals surface area (Å²) in [5, 5.41) is 0. The second kappa shape index (κ2) is 5.96. The summed E-state index contributed by atoms with van der Waals surface area (Å²) >= 11 is 0. The van der Waals surface area contributed by atoms with E-state index in [1.54, 1.807) is 29.2 Å². The van der Waals surface area contributed by atoms with Gasteiger partial charge in [-0.3, -0.25) is 14.5 Å². The van der Waals surface area contributed by atoms with Crippen LogP contribution in [0, 0.1) is 5.92 Å². The molecule has 0 aliphatic carbocycles. The number of alkyl halides is 3. The van der Waals surface area contributed by atoms with Gasteiger partial charge in [-0.15, -0.1) is 0 Å². The van der Waals surface area contributed by atoms with Crippen molar-refractivity contribution < 1.29 is 22.8 Å². The number of likely N-dealkylation sites (tertiary alicyclic amines) is 1. The fraction of sp³-hybridized carbons (Fsp3) is 0.500. The molecule has 2 heterocycles. The quantitative estimate of drug-likeness (QED) is 0.802. The summed E-state index contributed by atoms with van der Waals surface area (Å²) in [5.41, 5.74) is 0.730. The van der Waals surface area contributed by atoms with Crippen LogP contribution >= 0.6 is 0 Å². The number of imide groups is 1. The Bertz CT molecular complexity index is 595. The van der Waals surface area contributed by atoms with E-state index in [0.29, 0.717) is 24.1 Å². The molecule has 1 atom stereocenters. The number of carbonyl (C=O) groups is 2. The van der Waals surface area contributed by atoms with Crippen molar-refractivity contribution in [1.82, 2.24) is 9.80 Å². The number of piperidine rings is 1. The van der Waals surface area contributed by atoms with E-state index in [9.17, 15) is 22.8 Å². The smallest absolute Gasteiger partial charge is 0.301 e. The summed E-state index contributed by atoms with van der Waals surface area (Å²) in [6.07, 6.45) is -3.56. The molecular weight excluding hydrogens is 309 g/mol. The lowest BCUT2D eigenvalue weighted by Crippen LogP contribution is -2.45. The van der Waals surface area contributed by atoms with Gasteiger partial charge >= 0.3 is 6.18 Å². The summed E-state index contributed by atoms with van der Waals surface area (Å²) in [7, 11) is 0. The number of rotatable bonds is 3. The number of fused-ring (bicyclic) bond motifs is 1. The molecule has 2 amide bonds. The van der Waals surface area contributed by atoms with Gasteiger partial charge in [0, 0.05) is 19.6 Å². The standard InChI is InChI=1S/C16H17F3N2O2/c17-16(18,19)11-4-3-7-20(10-11)8-9-21-14(22)12-5-1-2-6-13(12)15(21)23/h1-2,5-6,11H,3-4,7-10H2/t11-/m0/s1. The molecule has 0 radical (unpaired) electrons. The van der Waals surface area contributed by atoms with Crippen LogP contribution in [0.1, 0.15) is 33.6 Å². The van der Waals surface area contributed by atoms with Crippen LogP contribution in [0.5, 0.6) is 0 Å². The van der Waals surface area contributed by atoms with Gasteiger partial charge in [0.15, 0.2) is 0 Å². The largest absolute Gasteiger partial charge is 0.393 e. The number of halogens is 3. The predicted octanol–water partition coefficient (Wildman–Crippen LogP) is 2.56. The Balaban J connectivity index is 1.61. The van der Waals surface area contributed by atoms with Gasteiger partial charge in [0.05, 0.1) is 17.0 Å². The Hall–Kier alpha value is -1.89. The first-order valence-corrected chi connectivity index (χ1v) is 7.62. The second-order valence-electron chi connectivity index (χ2n) is 5.99. The number of hydrogen-bond acceptors (Lipinski definition) is 3. The maximum atomic E-state index is 12.8. The highest BCUT2D eigenvalue weighted by Gasteiger charge is 2.42. The van der Waals surface area contributed by atoms with Gasteiger partial charge in [0.2, 0.25) is 0 Å². The molecule has 7 heteroatoms. The molecule has 0 N–H and O–H groups in total. The Morgan fingerprint density at radius 3 is 2.22 bits per heavy atom. The van der Waals surface area contributed by atoms with E-state index in [2.05, 4.69) is 0 Å². The minimum atomic E-state index is -4.19. The van der Waals surface area contributed by atoms with Crippen LogP contribution in [0.2, 0.25) is 0 Å². The minimum Gasteiger partial charge on any atom is -0.301 e. The molecule has 4 nitrogen and oxygen atoms in total. The Morgan fingerprint density at radius 2 is 1.65 bits per heavy atom. The Kier molecular flexibility index (Phi) is 4.14. The summed E-state index contributed by atoms with van der Waals surface area (Å²) in [5.74, 6) is -2.05. The molecule has 0 unspecified atom stereocenters. The summed E-state index contributed by atoms with van der Waals surface area (Å²) < 4.78 is 38.4. The van der Waals surface area contributed by atoms with Crippen molar-refractivity contribution in [2.24, 2.45) is 5.92 Å². The van der Waals surface area contributed by atoms with Crippen molar-refractivity contribution in [3.05, 3.63) is 35.4 Å². The first kappa shape index (κ1) is 16.0. The molecule has 0 bridgehead atoms.